The molecule has 1 rings (SSSR count). The van der Waals surface area contributed by atoms with E-state index in [2.05, 4.69) is 24.1 Å². The molecule has 0 spiro atoms. The topological polar surface area (TPSA) is 45.2 Å². The number of hydrogen-bond donors (Lipinski definition) is 1. The summed E-state index contributed by atoms with van der Waals surface area (Å²) in [5, 5.41) is 3.21. The van der Waals surface area contributed by atoms with E-state index >= 15 is 0 Å². The molecule has 0 aliphatic carbocycles. The van der Waals surface area contributed by atoms with Crippen molar-refractivity contribution in [1.82, 2.24) is 9.88 Å². The van der Waals surface area contributed by atoms with Gasteiger partial charge in [-0.3, -0.25) is 4.79 Å². The molecule has 1 aromatic rings. The highest BCUT2D eigenvalue weighted by Gasteiger charge is 2.15. The molecule has 4 nitrogen and oxygen atoms in total. The minimum absolute atomic E-state index is 0.105. The molecule has 1 aromatic heterocycles. The van der Waals surface area contributed by atoms with Gasteiger partial charge in [0.05, 0.1) is 0 Å². The van der Waals surface area contributed by atoms with E-state index in [9.17, 15) is 4.79 Å². The minimum Gasteiger partial charge on any atom is -0.370 e. The molecule has 0 unspecified atom stereocenters. The number of anilines is 1. The van der Waals surface area contributed by atoms with Crippen LogP contribution in [0.4, 0.5) is 5.82 Å². The Bertz CT molecular complexity index is 407. The second kappa shape index (κ2) is 8.56. The molecule has 112 valence electrons. The zero-order valence-corrected chi connectivity index (χ0v) is 13.2. The van der Waals surface area contributed by atoms with Crippen molar-refractivity contribution < 1.29 is 4.79 Å². The Balaban J connectivity index is 3.04. The molecule has 0 aromatic carbocycles. The van der Waals surface area contributed by atoms with Crippen LogP contribution in [0.5, 0.6) is 0 Å². The Morgan fingerprint density at radius 1 is 1.20 bits per heavy atom. The molecule has 0 fully saturated rings. The van der Waals surface area contributed by atoms with E-state index in [4.69, 9.17) is 0 Å². The van der Waals surface area contributed by atoms with Crippen LogP contribution in [0.25, 0.3) is 0 Å². The molecule has 0 atom stereocenters. The van der Waals surface area contributed by atoms with E-state index in [0.717, 1.165) is 56.0 Å². The Morgan fingerprint density at radius 3 is 2.50 bits per heavy atom. The van der Waals surface area contributed by atoms with Gasteiger partial charge in [-0.15, -0.1) is 0 Å². The van der Waals surface area contributed by atoms with Gasteiger partial charge in [-0.05, 0) is 38.8 Å². The predicted molar refractivity (Wildman–Crippen MR) is 84.3 cm³/mol. The average Bonchev–Trinajstić information content (AvgIpc) is 2.44. The van der Waals surface area contributed by atoms with Crippen molar-refractivity contribution in [3.63, 3.8) is 0 Å². The van der Waals surface area contributed by atoms with Crippen molar-refractivity contribution in [1.29, 1.82) is 0 Å². The summed E-state index contributed by atoms with van der Waals surface area (Å²) in [6, 6.07) is 3.80. The molecular weight excluding hydrogens is 250 g/mol. The van der Waals surface area contributed by atoms with E-state index in [1.165, 1.54) is 0 Å². The minimum atomic E-state index is 0.105. The lowest BCUT2D eigenvalue weighted by molar-refractivity contribution is 0.0764. The van der Waals surface area contributed by atoms with Gasteiger partial charge in [0.25, 0.3) is 5.91 Å². The molecule has 0 saturated carbocycles. The van der Waals surface area contributed by atoms with E-state index < -0.39 is 0 Å². The molecule has 20 heavy (non-hydrogen) atoms. The summed E-state index contributed by atoms with van der Waals surface area (Å²) >= 11 is 0. The molecule has 4 heteroatoms. The van der Waals surface area contributed by atoms with E-state index in [0.29, 0.717) is 0 Å². The van der Waals surface area contributed by atoms with Crippen LogP contribution in [0.3, 0.4) is 0 Å². The lowest BCUT2D eigenvalue weighted by atomic mass is 10.1. The number of nitrogens with zero attached hydrogens (tertiary/aromatic N) is 2. The number of carbonyl (C=O) groups is 1. The fourth-order valence-electron chi connectivity index (χ4n) is 2.22. The molecule has 0 saturated heterocycles. The van der Waals surface area contributed by atoms with Crippen molar-refractivity contribution in [3.8, 4) is 0 Å². The maximum absolute atomic E-state index is 12.5. The molecule has 0 bridgehead atoms. The third kappa shape index (κ3) is 4.51. The summed E-state index contributed by atoms with van der Waals surface area (Å²) < 4.78 is 0. The first-order chi connectivity index (χ1) is 9.65. The third-order valence-corrected chi connectivity index (χ3v) is 3.15. The van der Waals surface area contributed by atoms with Gasteiger partial charge in [0.1, 0.15) is 5.82 Å². The summed E-state index contributed by atoms with van der Waals surface area (Å²) in [4.78, 5) is 19.0. The van der Waals surface area contributed by atoms with Crippen LogP contribution < -0.4 is 5.32 Å². The lowest BCUT2D eigenvalue weighted by Crippen LogP contribution is -2.31. The SMILES string of the molecule is CCCc1cc(C(=O)N(CC)CCC)cc(NCC)n1. The molecule has 1 heterocycles. The fourth-order valence-corrected chi connectivity index (χ4v) is 2.22. The van der Waals surface area contributed by atoms with Crippen LogP contribution in [0.2, 0.25) is 0 Å². The standard InChI is InChI=1S/C16H27N3O/c1-5-9-14-11-13(12-15(18-14)17-7-3)16(20)19(8-4)10-6-2/h11-12H,5-10H2,1-4H3,(H,17,18). The van der Waals surface area contributed by atoms with Crippen molar-refractivity contribution in [2.45, 2.75) is 47.0 Å². The van der Waals surface area contributed by atoms with Crippen molar-refractivity contribution in [2.24, 2.45) is 0 Å². The Kier molecular flexibility index (Phi) is 7.05. The number of nitrogens with one attached hydrogen (secondary N) is 1. The zero-order valence-electron chi connectivity index (χ0n) is 13.2. The second-order valence-corrected chi connectivity index (χ2v) is 4.90. The second-order valence-electron chi connectivity index (χ2n) is 4.90. The number of hydrogen-bond acceptors (Lipinski definition) is 3. The zero-order chi connectivity index (χ0) is 15.0. The average molecular weight is 277 g/mol. The quantitative estimate of drug-likeness (QED) is 0.792. The highest BCUT2D eigenvalue weighted by Crippen LogP contribution is 2.14. The van der Waals surface area contributed by atoms with Gasteiger partial charge < -0.3 is 10.2 Å². The molecule has 1 N–H and O–H groups in total. The lowest BCUT2D eigenvalue weighted by Gasteiger charge is -2.20. The number of pyridine rings is 1. The molecule has 0 aliphatic heterocycles. The number of rotatable bonds is 8. The Morgan fingerprint density at radius 2 is 1.95 bits per heavy atom. The molecule has 0 radical (unpaired) electrons. The van der Waals surface area contributed by atoms with Crippen LogP contribution in [-0.4, -0.2) is 35.4 Å². The Hall–Kier alpha value is -1.58. The number of aryl methyl sites for hydroxylation is 1. The van der Waals surface area contributed by atoms with Gasteiger partial charge in [-0.1, -0.05) is 20.3 Å². The van der Waals surface area contributed by atoms with Crippen molar-refractivity contribution in [2.75, 3.05) is 25.0 Å². The summed E-state index contributed by atoms with van der Waals surface area (Å²) in [6.45, 7) is 10.6. The van der Waals surface area contributed by atoms with Crippen molar-refractivity contribution in [3.05, 3.63) is 23.4 Å². The number of amides is 1. The van der Waals surface area contributed by atoms with Crippen LogP contribution >= 0.6 is 0 Å². The number of carbonyl (C=O) groups excluding carboxylic acids is 1. The molecule has 1 amide bonds. The highest BCUT2D eigenvalue weighted by atomic mass is 16.2. The summed E-state index contributed by atoms with van der Waals surface area (Å²) in [5.74, 6) is 0.905. The normalized spacial score (nSPS) is 10.4. The summed E-state index contributed by atoms with van der Waals surface area (Å²) in [6.07, 6.45) is 2.91. The Labute approximate surface area is 122 Å². The predicted octanol–water partition coefficient (Wildman–Crippen LogP) is 3.34. The first-order valence-electron chi connectivity index (χ1n) is 7.70. The van der Waals surface area contributed by atoms with E-state index in [1.807, 2.05) is 30.9 Å². The van der Waals surface area contributed by atoms with Crippen LogP contribution in [-0.2, 0) is 6.42 Å². The van der Waals surface area contributed by atoms with Crippen LogP contribution in [0.1, 0.15) is 56.6 Å². The van der Waals surface area contributed by atoms with Gasteiger partial charge in [-0.2, -0.15) is 0 Å². The first kappa shape index (κ1) is 16.5. The van der Waals surface area contributed by atoms with Gasteiger partial charge in [0.2, 0.25) is 0 Å². The first-order valence-corrected chi connectivity index (χ1v) is 7.70. The maximum Gasteiger partial charge on any atom is 0.254 e. The van der Waals surface area contributed by atoms with E-state index in [-0.39, 0.29) is 5.91 Å². The van der Waals surface area contributed by atoms with Gasteiger partial charge in [0.15, 0.2) is 0 Å². The summed E-state index contributed by atoms with van der Waals surface area (Å²) in [7, 11) is 0. The third-order valence-electron chi connectivity index (χ3n) is 3.15. The molecule has 0 aliphatic rings. The van der Waals surface area contributed by atoms with Crippen LogP contribution in [0, 0.1) is 0 Å². The largest absolute Gasteiger partial charge is 0.370 e. The number of aromatic nitrogens is 1. The summed E-state index contributed by atoms with van der Waals surface area (Å²) in [5.41, 5.74) is 1.73. The van der Waals surface area contributed by atoms with E-state index in [1.54, 1.807) is 0 Å². The molecular formula is C16H27N3O. The smallest absolute Gasteiger partial charge is 0.254 e. The maximum atomic E-state index is 12.5. The highest BCUT2D eigenvalue weighted by molar-refractivity contribution is 5.95. The van der Waals surface area contributed by atoms with Gasteiger partial charge in [-0.25, -0.2) is 4.98 Å². The van der Waals surface area contributed by atoms with Gasteiger partial charge >= 0.3 is 0 Å². The monoisotopic (exact) mass is 277 g/mol. The van der Waals surface area contributed by atoms with Crippen LogP contribution in [0.15, 0.2) is 12.1 Å². The fraction of sp³-hybridized carbons (Fsp3) is 0.625. The van der Waals surface area contributed by atoms with Gasteiger partial charge in [0, 0.05) is 30.9 Å². The van der Waals surface area contributed by atoms with Crippen molar-refractivity contribution >= 4 is 11.7 Å².